The Morgan fingerprint density at radius 1 is 1.15 bits per heavy atom. The van der Waals surface area contributed by atoms with Crippen LogP contribution in [0.3, 0.4) is 0 Å². The number of nitrogens with one attached hydrogen (secondary N) is 1. The summed E-state index contributed by atoms with van der Waals surface area (Å²) < 4.78 is 1.92. The van der Waals surface area contributed by atoms with Crippen LogP contribution in [0, 0.1) is 32.1 Å². The van der Waals surface area contributed by atoms with Gasteiger partial charge in [0.05, 0.1) is 23.8 Å². The van der Waals surface area contributed by atoms with Crippen LogP contribution < -0.4 is 5.32 Å². The van der Waals surface area contributed by atoms with Gasteiger partial charge < -0.3 is 10.4 Å². The Morgan fingerprint density at radius 2 is 1.92 bits per heavy atom. The minimum absolute atomic E-state index is 0.207. The van der Waals surface area contributed by atoms with E-state index >= 15 is 0 Å². The maximum absolute atomic E-state index is 12.4. The molecule has 2 aromatic heterocycles. The minimum atomic E-state index is -0.966. The molecule has 1 aliphatic heterocycles. The van der Waals surface area contributed by atoms with Gasteiger partial charge in [0.25, 0.3) is 0 Å². The molecule has 2 aromatic carbocycles. The van der Waals surface area contributed by atoms with Crippen LogP contribution in [0.15, 0.2) is 59.6 Å². The fourth-order valence-electron chi connectivity index (χ4n) is 4.46. The summed E-state index contributed by atoms with van der Waals surface area (Å²) in [5.41, 5.74) is 5.37. The number of rotatable bonds is 6. The Balaban J connectivity index is 1.46. The van der Waals surface area contributed by atoms with E-state index in [-0.39, 0.29) is 12.3 Å². The van der Waals surface area contributed by atoms with Crippen molar-refractivity contribution in [3.8, 4) is 11.1 Å². The molecule has 4 aromatic rings. The summed E-state index contributed by atoms with van der Waals surface area (Å²) in [6.45, 7) is 5.94. The number of carboxylic acid groups (broad SMARTS) is 1. The molecule has 1 amide bonds. The lowest BCUT2D eigenvalue weighted by Gasteiger charge is -2.11. The summed E-state index contributed by atoms with van der Waals surface area (Å²) in [6.07, 6.45) is 2.92. The molecule has 0 aliphatic carbocycles. The predicted octanol–water partition coefficient (Wildman–Crippen LogP) is 5.14. The molecule has 39 heavy (non-hydrogen) atoms. The number of aromatic nitrogens is 3. The Morgan fingerprint density at radius 3 is 2.64 bits per heavy atom. The van der Waals surface area contributed by atoms with Crippen LogP contribution in [0.25, 0.3) is 11.1 Å². The average molecular weight is 537 g/mol. The first-order valence-corrected chi connectivity index (χ1v) is 13.0. The number of fused-ring (bicyclic) bond motifs is 3. The van der Waals surface area contributed by atoms with Crippen LogP contribution >= 0.6 is 11.3 Å². The molecule has 5 rings (SSSR count). The first-order valence-electron chi connectivity index (χ1n) is 12.2. The second-order valence-corrected chi connectivity index (χ2v) is 10.3. The largest absolute Gasteiger partial charge is 0.481 e. The Labute approximate surface area is 228 Å². The van der Waals surface area contributed by atoms with Crippen LogP contribution in [0.5, 0.6) is 0 Å². The molecule has 0 bridgehead atoms. The molecule has 0 saturated heterocycles. The Kier molecular flexibility index (Phi) is 6.92. The van der Waals surface area contributed by atoms with Crippen molar-refractivity contribution in [3.63, 3.8) is 0 Å². The zero-order valence-electron chi connectivity index (χ0n) is 21.5. The molecule has 2 N–H and O–H groups in total. The number of amides is 1. The number of nitrogens with zero attached hydrogens (tertiary/aromatic N) is 5. The summed E-state index contributed by atoms with van der Waals surface area (Å²) in [5, 5.41) is 30.8. The number of benzene rings is 2. The van der Waals surface area contributed by atoms with Gasteiger partial charge in [-0.15, -0.1) is 21.5 Å². The fraction of sp³-hybridized carbons (Fsp3) is 0.172. The third-order valence-electron chi connectivity index (χ3n) is 6.48. The zero-order chi connectivity index (χ0) is 27.7. The molecule has 0 spiro atoms. The van der Waals surface area contributed by atoms with E-state index in [0.29, 0.717) is 28.6 Å². The molecule has 194 valence electrons. The highest BCUT2D eigenvalue weighted by atomic mass is 32.1. The number of anilines is 1. The van der Waals surface area contributed by atoms with Gasteiger partial charge in [0, 0.05) is 27.8 Å². The highest BCUT2D eigenvalue weighted by Gasteiger charge is 2.32. The van der Waals surface area contributed by atoms with Crippen molar-refractivity contribution in [1.29, 1.82) is 5.26 Å². The number of hydrogen-bond acceptors (Lipinski definition) is 7. The van der Waals surface area contributed by atoms with Gasteiger partial charge in [0.1, 0.15) is 16.9 Å². The first-order chi connectivity index (χ1) is 18.7. The number of aliphatic carboxylic acids is 1. The van der Waals surface area contributed by atoms with E-state index in [1.807, 2.05) is 48.7 Å². The van der Waals surface area contributed by atoms with Gasteiger partial charge >= 0.3 is 5.97 Å². The SMILES string of the molecule is Cc1sc2c(c1C)C(c1ccc(/C=C/C(=O)Nc3cccc(C#N)c3)cc1)=N[C@@H](CC(=O)O)c1nnc(C)n1-2. The van der Waals surface area contributed by atoms with Gasteiger partial charge in [0.15, 0.2) is 5.82 Å². The highest BCUT2D eigenvalue weighted by Crippen LogP contribution is 2.39. The van der Waals surface area contributed by atoms with Crippen molar-refractivity contribution in [2.24, 2.45) is 4.99 Å². The van der Waals surface area contributed by atoms with Crippen LogP contribution in [0.1, 0.15) is 56.8 Å². The minimum Gasteiger partial charge on any atom is -0.481 e. The first kappa shape index (κ1) is 25.8. The molecule has 1 atom stereocenters. The number of thiophene rings is 1. The van der Waals surface area contributed by atoms with Crippen molar-refractivity contribution >= 4 is 40.7 Å². The molecule has 0 fully saturated rings. The molecule has 0 saturated carbocycles. The smallest absolute Gasteiger partial charge is 0.306 e. The number of nitriles is 1. The highest BCUT2D eigenvalue weighted by molar-refractivity contribution is 7.15. The molecular formula is C29H24N6O3S. The van der Waals surface area contributed by atoms with Gasteiger partial charge in [-0.25, -0.2) is 0 Å². The van der Waals surface area contributed by atoms with Crippen molar-refractivity contribution in [1.82, 2.24) is 14.8 Å². The van der Waals surface area contributed by atoms with Crippen LogP contribution in [-0.2, 0) is 9.59 Å². The molecule has 9 nitrogen and oxygen atoms in total. The molecule has 10 heteroatoms. The molecule has 3 heterocycles. The number of carbonyl (C=O) groups is 2. The van der Waals surface area contributed by atoms with Gasteiger partial charge in [-0.05, 0) is 56.2 Å². The summed E-state index contributed by atoms with van der Waals surface area (Å²) in [7, 11) is 0. The van der Waals surface area contributed by atoms with Crippen molar-refractivity contribution in [2.75, 3.05) is 5.32 Å². The maximum atomic E-state index is 12.4. The number of aliphatic imine (C=N–C) groups is 1. The lowest BCUT2D eigenvalue weighted by Crippen LogP contribution is -2.10. The number of carbonyl (C=O) groups excluding carboxylic acids is 1. The van der Waals surface area contributed by atoms with Gasteiger partial charge in [0.2, 0.25) is 5.91 Å². The van der Waals surface area contributed by atoms with Crippen molar-refractivity contribution in [2.45, 2.75) is 33.2 Å². The standard InChI is InChI=1S/C29H24N6O3S/c1-16-17(2)39-29-26(16)27(32-23(14-25(37)38)28-34-33-18(3)35(28)29)21-10-7-19(8-11-21)9-12-24(36)31-22-6-4-5-20(13-22)15-30/h4-13,23H,14H2,1-3H3,(H,31,36)(H,37,38)/b12-9+/t23-/m0/s1. The van der Waals surface area contributed by atoms with E-state index in [2.05, 4.69) is 22.4 Å². The van der Waals surface area contributed by atoms with Crippen LogP contribution in [0.2, 0.25) is 0 Å². The number of aryl methyl sites for hydroxylation is 2. The van der Waals surface area contributed by atoms with E-state index in [1.54, 1.807) is 41.7 Å². The van der Waals surface area contributed by atoms with E-state index in [1.165, 1.54) is 6.08 Å². The predicted molar refractivity (Wildman–Crippen MR) is 149 cm³/mol. The second-order valence-electron chi connectivity index (χ2n) is 9.13. The Bertz CT molecular complexity index is 1710. The topological polar surface area (TPSA) is 133 Å². The third-order valence-corrected chi connectivity index (χ3v) is 7.67. The average Bonchev–Trinajstić information content (AvgIpc) is 3.39. The molecule has 0 unspecified atom stereocenters. The van der Waals surface area contributed by atoms with E-state index < -0.39 is 12.0 Å². The summed E-state index contributed by atoms with van der Waals surface area (Å²) in [4.78, 5) is 30.2. The molecule has 1 aliphatic rings. The van der Waals surface area contributed by atoms with Crippen LogP contribution in [0.4, 0.5) is 5.69 Å². The normalized spacial score (nSPS) is 14.2. The quantitative estimate of drug-likeness (QED) is 0.328. The zero-order valence-corrected chi connectivity index (χ0v) is 22.3. The molecule has 0 radical (unpaired) electrons. The fourth-order valence-corrected chi connectivity index (χ4v) is 5.68. The molecular weight excluding hydrogens is 512 g/mol. The van der Waals surface area contributed by atoms with Gasteiger partial charge in [-0.3, -0.25) is 19.1 Å². The van der Waals surface area contributed by atoms with E-state index in [0.717, 1.165) is 32.1 Å². The lowest BCUT2D eigenvalue weighted by molar-refractivity contribution is -0.137. The second kappa shape index (κ2) is 10.5. The Hall–Kier alpha value is -4.88. The van der Waals surface area contributed by atoms with Crippen molar-refractivity contribution in [3.05, 3.63) is 99.0 Å². The van der Waals surface area contributed by atoms with Gasteiger partial charge in [-0.2, -0.15) is 5.26 Å². The van der Waals surface area contributed by atoms with E-state index in [9.17, 15) is 14.7 Å². The van der Waals surface area contributed by atoms with E-state index in [4.69, 9.17) is 10.3 Å². The maximum Gasteiger partial charge on any atom is 0.306 e. The lowest BCUT2D eigenvalue weighted by atomic mass is 9.98. The number of hydrogen-bond donors (Lipinski definition) is 2. The number of carboxylic acids is 1. The summed E-state index contributed by atoms with van der Waals surface area (Å²) in [5.74, 6) is -0.0893. The van der Waals surface area contributed by atoms with Crippen LogP contribution in [-0.4, -0.2) is 37.5 Å². The summed E-state index contributed by atoms with van der Waals surface area (Å²) in [6, 6.07) is 15.7. The van der Waals surface area contributed by atoms with Crippen molar-refractivity contribution < 1.29 is 14.7 Å². The monoisotopic (exact) mass is 536 g/mol. The summed E-state index contributed by atoms with van der Waals surface area (Å²) >= 11 is 1.61. The third kappa shape index (κ3) is 5.12. The van der Waals surface area contributed by atoms with Gasteiger partial charge in [-0.1, -0.05) is 30.3 Å².